The minimum atomic E-state index is 0.114. The van der Waals surface area contributed by atoms with Gasteiger partial charge in [0.15, 0.2) is 0 Å². The number of halogens is 1. The summed E-state index contributed by atoms with van der Waals surface area (Å²) in [5.74, 6) is 0. The van der Waals surface area contributed by atoms with Crippen LogP contribution in [0.25, 0.3) is 0 Å². The minimum Gasteiger partial charge on any atom is -0.326 e. The second kappa shape index (κ2) is 7.00. The molecule has 0 fully saturated rings. The predicted molar refractivity (Wildman–Crippen MR) is 75.4 cm³/mol. The zero-order valence-electron chi connectivity index (χ0n) is 11.0. The number of rotatable bonds is 6. The topological polar surface area (TPSA) is 29.3 Å². The lowest BCUT2D eigenvalue weighted by Crippen LogP contribution is -2.39. The molecule has 2 atom stereocenters. The molecule has 0 saturated carbocycles. The summed E-state index contributed by atoms with van der Waals surface area (Å²) in [5.41, 5.74) is 7.39. The van der Waals surface area contributed by atoms with E-state index in [0.29, 0.717) is 0 Å². The highest BCUT2D eigenvalue weighted by Crippen LogP contribution is 2.24. The molecule has 0 saturated heterocycles. The van der Waals surface area contributed by atoms with E-state index >= 15 is 0 Å². The van der Waals surface area contributed by atoms with Gasteiger partial charge in [-0.2, -0.15) is 0 Å². The van der Waals surface area contributed by atoms with Gasteiger partial charge in [0.2, 0.25) is 0 Å². The maximum atomic E-state index is 6.14. The molecule has 0 spiro atoms. The van der Waals surface area contributed by atoms with Crippen LogP contribution >= 0.6 is 11.6 Å². The van der Waals surface area contributed by atoms with Crippen LogP contribution in [0.4, 0.5) is 0 Å². The molecule has 1 rings (SSSR count). The van der Waals surface area contributed by atoms with E-state index in [9.17, 15) is 0 Å². The molecule has 3 heteroatoms. The zero-order valence-corrected chi connectivity index (χ0v) is 11.7. The molecule has 17 heavy (non-hydrogen) atoms. The second-order valence-corrected chi connectivity index (χ2v) is 4.92. The summed E-state index contributed by atoms with van der Waals surface area (Å²) in [6.07, 6.45) is 1.14. The van der Waals surface area contributed by atoms with Gasteiger partial charge in [-0.3, -0.25) is 4.90 Å². The number of nitrogens with two attached hydrogens (primary N) is 1. The summed E-state index contributed by atoms with van der Waals surface area (Å²) in [6.45, 7) is 8.54. The summed E-state index contributed by atoms with van der Waals surface area (Å²) in [7, 11) is 0. The van der Waals surface area contributed by atoms with Crippen molar-refractivity contribution in [1.29, 1.82) is 0 Å². The van der Waals surface area contributed by atoms with Gasteiger partial charge < -0.3 is 5.73 Å². The fraction of sp³-hybridized carbons (Fsp3) is 0.571. The molecule has 0 aliphatic carbocycles. The van der Waals surface area contributed by atoms with Crippen molar-refractivity contribution in [2.45, 2.75) is 39.3 Å². The largest absolute Gasteiger partial charge is 0.326 e. The predicted octanol–water partition coefficient (Wildman–Crippen LogP) is 3.46. The maximum Gasteiger partial charge on any atom is 0.0496 e. The summed E-state index contributed by atoms with van der Waals surface area (Å²) in [5, 5.41) is 0.774. The first-order valence-electron chi connectivity index (χ1n) is 6.35. The lowest BCUT2D eigenvalue weighted by atomic mass is 9.99. The van der Waals surface area contributed by atoms with Crippen LogP contribution in [0.3, 0.4) is 0 Å². The Morgan fingerprint density at radius 1 is 1.24 bits per heavy atom. The third-order valence-corrected chi connectivity index (χ3v) is 3.27. The van der Waals surface area contributed by atoms with Gasteiger partial charge in [-0.1, -0.05) is 37.6 Å². The molecular weight excluding hydrogens is 232 g/mol. The normalized spacial score (nSPS) is 14.9. The Kier molecular flexibility index (Phi) is 5.96. The van der Waals surface area contributed by atoms with E-state index < -0.39 is 0 Å². The third-order valence-electron chi connectivity index (χ3n) is 3.02. The monoisotopic (exact) mass is 254 g/mol. The highest BCUT2D eigenvalue weighted by molar-refractivity contribution is 6.30. The molecule has 0 aromatic heterocycles. The van der Waals surface area contributed by atoms with Crippen molar-refractivity contribution in [2.75, 3.05) is 13.1 Å². The molecule has 0 amide bonds. The van der Waals surface area contributed by atoms with Crippen LogP contribution < -0.4 is 5.73 Å². The molecule has 0 bridgehead atoms. The van der Waals surface area contributed by atoms with E-state index in [0.717, 1.165) is 24.5 Å². The summed E-state index contributed by atoms with van der Waals surface area (Å²) in [6, 6.07) is 8.42. The molecular formula is C14H23ClN2. The van der Waals surface area contributed by atoms with Gasteiger partial charge in [-0.25, -0.2) is 0 Å². The molecule has 0 heterocycles. The van der Waals surface area contributed by atoms with Crippen LogP contribution in [0, 0.1) is 0 Å². The maximum absolute atomic E-state index is 6.14. The molecule has 2 N–H and O–H groups in total. The van der Waals surface area contributed by atoms with Crippen molar-refractivity contribution in [1.82, 2.24) is 4.90 Å². The van der Waals surface area contributed by atoms with Crippen molar-refractivity contribution in [3.05, 3.63) is 34.9 Å². The van der Waals surface area contributed by atoms with Crippen molar-refractivity contribution in [3.63, 3.8) is 0 Å². The van der Waals surface area contributed by atoms with Crippen LogP contribution in [0.5, 0.6) is 0 Å². The Bertz CT molecular complexity index is 321. The molecule has 2 nitrogen and oxygen atoms in total. The van der Waals surface area contributed by atoms with Gasteiger partial charge in [-0.05, 0) is 44.1 Å². The first kappa shape index (κ1) is 14.5. The molecule has 96 valence electrons. The van der Waals surface area contributed by atoms with E-state index in [-0.39, 0.29) is 12.1 Å². The SMILES string of the molecule is CCCN(CC)C(c1ccc(Cl)cc1)C(C)N. The van der Waals surface area contributed by atoms with Gasteiger partial charge in [-0.15, -0.1) is 0 Å². The fourth-order valence-corrected chi connectivity index (χ4v) is 2.41. The van der Waals surface area contributed by atoms with E-state index in [1.54, 1.807) is 0 Å². The van der Waals surface area contributed by atoms with Gasteiger partial charge in [0.1, 0.15) is 0 Å². The van der Waals surface area contributed by atoms with E-state index in [1.807, 2.05) is 12.1 Å². The summed E-state index contributed by atoms with van der Waals surface area (Å²) in [4.78, 5) is 2.42. The van der Waals surface area contributed by atoms with Crippen LogP contribution in [-0.4, -0.2) is 24.0 Å². The van der Waals surface area contributed by atoms with Crippen LogP contribution in [-0.2, 0) is 0 Å². The number of hydrogen-bond donors (Lipinski definition) is 1. The quantitative estimate of drug-likeness (QED) is 0.843. The van der Waals surface area contributed by atoms with Gasteiger partial charge in [0, 0.05) is 17.1 Å². The summed E-state index contributed by atoms with van der Waals surface area (Å²) < 4.78 is 0. The number of nitrogens with zero attached hydrogens (tertiary/aromatic N) is 1. The van der Waals surface area contributed by atoms with E-state index in [1.165, 1.54) is 5.56 Å². The van der Waals surface area contributed by atoms with Crippen LogP contribution in [0.1, 0.15) is 38.8 Å². The molecule has 0 aliphatic heterocycles. The average molecular weight is 255 g/mol. The lowest BCUT2D eigenvalue weighted by Gasteiger charge is -2.33. The standard InChI is InChI=1S/C14H23ClN2/c1-4-10-17(5-2)14(11(3)16)12-6-8-13(15)9-7-12/h6-9,11,14H,4-5,10,16H2,1-3H3. The minimum absolute atomic E-state index is 0.114. The average Bonchev–Trinajstić information content (AvgIpc) is 2.30. The van der Waals surface area contributed by atoms with E-state index in [2.05, 4.69) is 37.8 Å². The lowest BCUT2D eigenvalue weighted by molar-refractivity contribution is 0.186. The van der Waals surface area contributed by atoms with Crippen molar-refractivity contribution in [2.24, 2.45) is 5.73 Å². The zero-order chi connectivity index (χ0) is 12.8. The molecule has 0 aliphatic rings. The Labute approximate surface area is 110 Å². The number of benzene rings is 1. The Hall–Kier alpha value is -0.570. The first-order valence-corrected chi connectivity index (χ1v) is 6.73. The Balaban J connectivity index is 2.95. The molecule has 0 radical (unpaired) electrons. The molecule has 1 aromatic rings. The number of likely N-dealkylation sites (N-methyl/N-ethyl adjacent to an activating group) is 1. The molecule has 1 aromatic carbocycles. The van der Waals surface area contributed by atoms with Gasteiger partial charge in [0.25, 0.3) is 0 Å². The third kappa shape index (κ3) is 3.98. The smallest absolute Gasteiger partial charge is 0.0496 e. The number of hydrogen-bond acceptors (Lipinski definition) is 2. The van der Waals surface area contributed by atoms with Gasteiger partial charge >= 0.3 is 0 Å². The molecule has 2 unspecified atom stereocenters. The van der Waals surface area contributed by atoms with Gasteiger partial charge in [0.05, 0.1) is 0 Å². The second-order valence-electron chi connectivity index (χ2n) is 4.48. The summed E-state index contributed by atoms with van der Waals surface area (Å²) >= 11 is 5.93. The Morgan fingerprint density at radius 2 is 1.82 bits per heavy atom. The van der Waals surface area contributed by atoms with Crippen molar-refractivity contribution >= 4 is 11.6 Å². The van der Waals surface area contributed by atoms with Crippen molar-refractivity contribution < 1.29 is 0 Å². The fourth-order valence-electron chi connectivity index (χ4n) is 2.29. The van der Waals surface area contributed by atoms with Crippen LogP contribution in [0.2, 0.25) is 5.02 Å². The Morgan fingerprint density at radius 3 is 2.24 bits per heavy atom. The highest BCUT2D eigenvalue weighted by atomic mass is 35.5. The van der Waals surface area contributed by atoms with Crippen LogP contribution in [0.15, 0.2) is 24.3 Å². The van der Waals surface area contributed by atoms with Crippen molar-refractivity contribution in [3.8, 4) is 0 Å². The van der Waals surface area contributed by atoms with E-state index in [4.69, 9.17) is 17.3 Å². The first-order chi connectivity index (χ1) is 8.10. The highest BCUT2D eigenvalue weighted by Gasteiger charge is 2.22.